The van der Waals surface area contributed by atoms with Crippen LogP contribution in [-0.4, -0.2) is 36.1 Å². The van der Waals surface area contributed by atoms with Crippen molar-refractivity contribution in [1.82, 2.24) is 4.90 Å². The maximum Gasteiger partial charge on any atom is 0.317 e. The van der Waals surface area contributed by atoms with Crippen LogP contribution in [0.25, 0.3) is 0 Å². The fourth-order valence-corrected chi connectivity index (χ4v) is 2.53. The molecule has 24 heavy (non-hydrogen) atoms. The second-order valence-corrected chi connectivity index (χ2v) is 6.32. The van der Waals surface area contributed by atoms with Gasteiger partial charge in [-0.25, -0.2) is 0 Å². The second-order valence-electron chi connectivity index (χ2n) is 5.91. The molecule has 0 aliphatic carbocycles. The number of hydrogen-bond acceptors (Lipinski definition) is 3. The third-order valence-corrected chi connectivity index (χ3v) is 4.08. The summed E-state index contributed by atoms with van der Waals surface area (Å²) in [5, 5.41) is 9.45. The summed E-state index contributed by atoms with van der Waals surface area (Å²) in [5.41, 5.74) is 3.27. The van der Waals surface area contributed by atoms with Gasteiger partial charge in [-0.1, -0.05) is 41.4 Å². The molecule has 128 valence electrons. The quantitative estimate of drug-likeness (QED) is 0.789. The smallest absolute Gasteiger partial charge is 0.317 e. The molecule has 0 heterocycles. The molecule has 1 N–H and O–H groups in total. The van der Waals surface area contributed by atoms with Crippen molar-refractivity contribution in [3.8, 4) is 5.75 Å². The number of carbonyl (C=O) groups is 1. The molecule has 0 aromatic heterocycles. The molecule has 2 aromatic rings. The van der Waals surface area contributed by atoms with Crippen molar-refractivity contribution in [3.63, 3.8) is 0 Å². The Bertz CT molecular complexity index is 686. The van der Waals surface area contributed by atoms with Crippen LogP contribution in [0.5, 0.6) is 5.75 Å². The molecule has 0 fully saturated rings. The molecule has 0 aliphatic rings. The highest BCUT2D eigenvalue weighted by molar-refractivity contribution is 6.31. The number of hydrogen-bond donors (Lipinski definition) is 1. The number of aliphatic carboxylic acids is 1. The van der Waals surface area contributed by atoms with Crippen LogP contribution in [0.4, 0.5) is 0 Å². The van der Waals surface area contributed by atoms with E-state index in [9.17, 15) is 4.79 Å². The second kappa shape index (κ2) is 8.71. The molecule has 0 saturated carbocycles. The van der Waals surface area contributed by atoms with Gasteiger partial charge in [0, 0.05) is 17.1 Å². The largest absolute Gasteiger partial charge is 0.489 e. The minimum atomic E-state index is -0.809. The van der Waals surface area contributed by atoms with Crippen LogP contribution in [0.1, 0.15) is 16.7 Å². The first-order chi connectivity index (χ1) is 11.4. The summed E-state index contributed by atoms with van der Waals surface area (Å²) in [4.78, 5) is 12.4. The average molecular weight is 348 g/mol. The first-order valence-corrected chi connectivity index (χ1v) is 8.19. The predicted octanol–water partition coefficient (Wildman–Crippen LogP) is 3.79. The molecule has 0 unspecified atom stereocenters. The normalized spacial score (nSPS) is 10.8. The number of carboxylic acids is 1. The van der Waals surface area contributed by atoms with E-state index in [1.54, 1.807) is 11.9 Å². The van der Waals surface area contributed by atoms with Crippen molar-refractivity contribution in [2.45, 2.75) is 20.0 Å². The van der Waals surface area contributed by atoms with E-state index in [0.717, 1.165) is 28.9 Å². The van der Waals surface area contributed by atoms with Crippen LogP contribution in [0.15, 0.2) is 42.5 Å². The Morgan fingerprint density at radius 1 is 1.21 bits per heavy atom. The Morgan fingerprint density at radius 3 is 2.58 bits per heavy atom. The highest BCUT2D eigenvalue weighted by Gasteiger charge is 2.05. The molecule has 0 amide bonds. The maximum atomic E-state index is 10.6. The van der Waals surface area contributed by atoms with Crippen LogP contribution in [0.2, 0.25) is 5.02 Å². The summed E-state index contributed by atoms with van der Waals surface area (Å²) in [6, 6.07) is 13.7. The lowest BCUT2D eigenvalue weighted by Gasteiger charge is -2.14. The summed E-state index contributed by atoms with van der Waals surface area (Å²) < 4.78 is 5.79. The molecule has 2 rings (SSSR count). The van der Waals surface area contributed by atoms with Crippen LogP contribution >= 0.6 is 11.6 Å². The first-order valence-electron chi connectivity index (χ1n) is 7.81. The van der Waals surface area contributed by atoms with Gasteiger partial charge >= 0.3 is 5.97 Å². The lowest BCUT2D eigenvalue weighted by Crippen LogP contribution is -2.27. The molecule has 2 aromatic carbocycles. The Labute approximate surface area is 147 Å². The number of ether oxygens (including phenoxy) is 1. The van der Waals surface area contributed by atoms with E-state index in [2.05, 4.69) is 0 Å². The van der Waals surface area contributed by atoms with Crippen molar-refractivity contribution >= 4 is 17.6 Å². The number of carboxylic acid groups (broad SMARTS) is 1. The van der Waals surface area contributed by atoms with Gasteiger partial charge in [0.25, 0.3) is 0 Å². The topological polar surface area (TPSA) is 49.8 Å². The van der Waals surface area contributed by atoms with E-state index in [1.165, 1.54) is 0 Å². The fraction of sp³-hybridized carbons (Fsp3) is 0.316. The molecule has 0 radical (unpaired) electrons. The number of aryl methyl sites for hydroxylation is 1. The minimum Gasteiger partial charge on any atom is -0.489 e. The van der Waals surface area contributed by atoms with Crippen molar-refractivity contribution < 1.29 is 14.6 Å². The number of rotatable bonds is 8. The molecule has 0 aliphatic heterocycles. The van der Waals surface area contributed by atoms with Gasteiger partial charge in [-0.15, -0.1) is 0 Å². The summed E-state index contributed by atoms with van der Waals surface area (Å²) in [6.45, 7) is 3.21. The van der Waals surface area contributed by atoms with E-state index < -0.39 is 5.97 Å². The Hall–Kier alpha value is -2.04. The SMILES string of the molecule is Cc1ccc(Cl)c(COc2ccc(CCN(C)CC(=O)O)cc2)c1. The molecule has 0 bridgehead atoms. The summed E-state index contributed by atoms with van der Waals surface area (Å²) >= 11 is 6.17. The zero-order valence-electron chi connectivity index (χ0n) is 14.0. The van der Waals surface area contributed by atoms with Gasteiger partial charge in [-0.2, -0.15) is 0 Å². The predicted molar refractivity (Wildman–Crippen MR) is 95.8 cm³/mol. The monoisotopic (exact) mass is 347 g/mol. The molecular formula is C19H22ClNO3. The van der Waals surface area contributed by atoms with Gasteiger partial charge < -0.3 is 9.84 Å². The zero-order valence-corrected chi connectivity index (χ0v) is 14.7. The van der Waals surface area contributed by atoms with Gasteiger partial charge in [0.2, 0.25) is 0 Å². The van der Waals surface area contributed by atoms with Crippen molar-refractivity contribution in [3.05, 3.63) is 64.2 Å². The van der Waals surface area contributed by atoms with Crippen LogP contribution in [-0.2, 0) is 17.8 Å². The van der Waals surface area contributed by atoms with Crippen LogP contribution < -0.4 is 4.74 Å². The highest BCUT2D eigenvalue weighted by Crippen LogP contribution is 2.20. The fourth-order valence-electron chi connectivity index (χ4n) is 2.36. The van der Waals surface area contributed by atoms with Gasteiger partial charge in [0.15, 0.2) is 0 Å². The lowest BCUT2D eigenvalue weighted by atomic mass is 10.1. The molecule has 0 spiro atoms. The summed E-state index contributed by atoms with van der Waals surface area (Å²) in [6.07, 6.45) is 0.799. The zero-order chi connectivity index (χ0) is 17.5. The standard InChI is InChI=1S/C19H22ClNO3/c1-14-3-8-18(20)16(11-14)13-24-17-6-4-15(5-7-17)9-10-21(2)12-19(22)23/h3-8,11H,9-10,12-13H2,1-2H3,(H,22,23). The van der Waals surface area contributed by atoms with Gasteiger partial charge in [-0.05, 0) is 44.2 Å². The Balaban J connectivity index is 1.85. The van der Waals surface area contributed by atoms with E-state index in [0.29, 0.717) is 18.2 Å². The summed E-state index contributed by atoms with van der Waals surface area (Å²) in [5.74, 6) is -0.0220. The summed E-state index contributed by atoms with van der Waals surface area (Å²) in [7, 11) is 1.80. The third kappa shape index (κ3) is 5.87. The van der Waals surface area contributed by atoms with E-state index >= 15 is 0 Å². The molecule has 0 atom stereocenters. The maximum absolute atomic E-state index is 10.6. The van der Waals surface area contributed by atoms with Crippen LogP contribution in [0, 0.1) is 6.92 Å². The number of likely N-dealkylation sites (N-methyl/N-ethyl adjacent to an activating group) is 1. The number of benzene rings is 2. The van der Waals surface area contributed by atoms with Gasteiger partial charge in [-0.3, -0.25) is 9.69 Å². The minimum absolute atomic E-state index is 0.0540. The van der Waals surface area contributed by atoms with E-state index in [-0.39, 0.29) is 6.54 Å². The molecule has 5 heteroatoms. The Kier molecular flexibility index (Phi) is 6.64. The van der Waals surface area contributed by atoms with Crippen molar-refractivity contribution in [2.75, 3.05) is 20.1 Å². The van der Waals surface area contributed by atoms with E-state index in [4.69, 9.17) is 21.4 Å². The van der Waals surface area contributed by atoms with Gasteiger partial charge in [0.05, 0.1) is 6.54 Å². The number of nitrogens with zero attached hydrogens (tertiary/aromatic N) is 1. The Morgan fingerprint density at radius 2 is 1.92 bits per heavy atom. The molecule has 4 nitrogen and oxygen atoms in total. The highest BCUT2D eigenvalue weighted by atomic mass is 35.5. The molecular weight excluding hydrogens is 326 g/mol. The molecule has 0 saturated heterocycles. The van der Waals surface area contributed by atoms with E-state index in [1.807, 2.05) is 49.4 Å². The van der Waals surface area contributed by atoms with Crippen LogP contribution in [0.3, 0.4) is 0 Å². The van der Waals surface area contributed by atoms with Crippen molar-refractivity contribution in [1.29, 1.82) is 0 Å². The first kappa shape index (κ1) is 18.3. The van der Waals surface area contributed by atoms with Gasteiger partial charge in [0.1, 0.15) is 12.4 Å². The lowest BCUT2D eigenvalue weighted by molar-refractivity contribution is -0.137. The third-order valence-electron chi connectivity index (χ3n) is 3.71. The number of halogens is 1. The average Bonchev–Trinajstić information content (AvgIpc) is 2.54. The van der Waals surface area contributed by atoms with Crippen molar-refractivity contribution in [2.24, 2.45) is 0 Å².